The second kappa shape index (κ2) is 7.71. The molecule has 0 saturated carbocycles. The van der Waals surface area contributed by atoms with Crippen molar-refractivity contribution in [3.63, 3.8) is 0 Å². The summed E-state index contributed by atoms with van der Waals surface area (Å²) in [6, 6.07) is 15.6. The van der Waals surface area contributed by atoms with E-state index in [1.54, 1.807) is 6.20 Å². The third-order valence-corrected chi connectivity index (χ3v) is 4.18. The van der Waals surface area contributed by atoms with Gasteiger partial charge in [-0.25, -0.2) is 9.97 Å². The fourth-order valence-corrected chi connectivity index (χ4v) is 2.79. The summed E-state index contributed by atoms with van der Waals surface area (Å²) in [5.41, 5.74) is 3.53. The number of pyridine rings is 1. The standard InChI is InChI=1S/C22H18N4O/c1-2-22-24-13-14-26(22)16-20-15-21(27-25-20)18-9-6-17(7-10-18)8-11-19-5-3-4-12-23-19/h3-7,9-10,12-15H,2,16H2,1H3. The lowest BCUT2D eigenvalue weighted by Gasteiger charge is -2.02. The van der Waals surface area contributed by atoms with Crippen molar-refractivity contribution in [1.82, 2.24) is 19.7 Å². The monoisotopic (exact) mass is 354 g/mol. The molecule has 5 nitrogen and oxygen atoms in total. The van der Waals surface area contributed by atoms with Crippen LogP contribution in [0.25, 0.3) is 11.3 Å². The number of rotatable bonds is 4. The molecule has 0 N–H and O–H groups in total. The summed E-state index contributed by atoms with van der Waals surface area (Å²) in [6.07, 6.45) is 6.40. The molecule has 0 saturated heterocycles. The largest absolute Gasteiger partial charge is 0.356 e. The minimum absolute atomic E-state index is 0.653. The summed E-state index contributed by atoms with van der Waals surface area (Å²) < 4.78 is 7.59. The second-order valence-corrected chi connectivity index (χ2v) is 6.05. The first kappa shape index (κ1) is 16.8. The molecule has 5 heteroatoms. The Morgan fingerprint density at radius 3 is 2.67 bits per heavy atom. The van der Waals surface area contributed by atoms with Crippen molar-refractivity contribution in [1.29, 1.82) is 0 Å². The summed E-state index contributed by atoms with van der Waals surface area (Å²) in [7, 11) is 0. The Kier molecular flexibility index (Phi) is 4.80. The molecule has 0 amide bonds. The third kappa shape index (κ3) is 3.96. The van der Waals surface area contributed by atoms with Gasteiger partial charge in [0.1, 0.15) is 17.2 Å². The molecule has 27 heavy (non-hydrogen) atoms. The van der Waals surface area contributed by atoms with Gasteiger partial charge in [-0.3, -0.25) is 0 Å². The Balaban J connectivity index is 1.48. The Hall–Kier alpha value is -3.65. The first-order valence-corrected chi connectivity index (χ1v) is 8.81. The predicted octanol–water partition coefficient (Wildman–Crippen LogP) is 3.94. The van der Waals surface area contributed by atoms with Gasteiger partial charge in [0.25, 0.3) is 0 Å². The van der Waals surface area contributed by atoms with Crippen LogP contribution < -0.4 is 0 Å². The molecule has 0 bridgehead atoms. The SMILES string of the molecule is CCc1nccn1Cc1cc(-c2ccc(C#Cc3ccccn3)cc2)on1. The molecule has 0 spiro atoms. The molecule has 0 aliphatic rings. The highest BCUT2D eigenvalue weighted by Gasteiger charge is 2.09. The average Bonchev–Trinajstić information content (AvgIpc) is 3.37. The van der Waals surface area contributed by atoms with Gasteiger partial charge in [0.15, 0.2) is 5.76 Å². The highest BCUT2D eigenvalue weighted by atomic mass is 16.5. The average molecular weight is 354 g/mol. The molecule has 4 rings (SSSR count). The van der Waals surface area contributed by atoms with Gasteiger partial charge in [0.05, 0.1) is 6.54 Å². The van der Waals surface area contributed by atoms with Crippen LogP contribution >= 0.6 is 0 Å². The quantitative estimate of drug-likeness (QED) is 0.521. The molecule has 3 heterocycles. The number of hydrogen-bond donors (Lipinski definition) is 0. The predicted molar refractivity (Wildman–Crippen MR) is 103 cm³/mol. The van der Waals surface area contributed by atoms with Crippen molar-refractivity contribution in [2.24, 2.45) is 0 Å². The molecule has 1 aromatic carbocycles. The maximum absolute atomic E-state index is 5.51. The highest BCUT2D eigenvalue weighted by molar-refractivity contribution is 5.59. The molecule has 0 atom stereocenters. The van der Waals surface area contributed by atoms with Gasteiger partial charge in [-0.15, -0.1) is 0 Å². The lowest BCUT2D eigenvalue weighted by Crippen LogP contribution is -2.03. The van der Waals surface area contributed by atoms with E-state index in [-0.39, 0.29) is 0 Å². The number of imidazole rings is 1. The maximum atomic E-state index is 5.51. The fourth-order valence-electron chi connectivity index (χ4n) is 2.79. The van der Waals surface area contributed by atoms with Crippen LogP contribution in [0.1, 0.15) is 29.7 Å². The molecule has 0 aliphatic heterocycles. The topological polar surface area (TPSA) is 56.7 Å². The van der Waals surface area contributed by atoms with Crippen LogP contribution in [0, 0.1) is 11.8 Å². The summed E-state index contributed by atoms with van der Waals surface area (Å²) in [5, 5.41) is 4.18. The molecular formula is C22H18N4O. The van der Waals surface area contributed by atoms with Crippen molar-refractivity contribution in [3.8, 4) is 23.2 Å². The van der Waals surface area contributed by atoms with Gasteiger partial charge in [-0.1, -0.05) is 24.1 Å². The maximum Gasteiger partial charge on any atom is 0.167 e. The minimum Gasteiger partial charge on any atom is -0.356 e. The third-order valence-electron chi connectivity index (χ3n) is 4.18. The normalized spacial score (nSPS) is 10.4. The number of aryl methyl sites for hydroxylation is 1. The summed E-state index contributed by atoms with van der Waals surface area (Å²) >= 11 is 0. The fraction of sp³-hybridized carbons (Fsp3) is 0.136. The van der Waals surface area contributed by atoms with Gasteiger partial charge in [0, 0.05) is 42.2 Å². The van der Waals surface area contributed by atoms with Gasteiger partial charge in [-0.2, -0.15) is 0 Å². The zero-order chi connectivity index (χ0) is 18.5. The molecule has 4 aromatic rings. The van der Waals surface area contributed by atoms with Gasteiger partial charge in [-0.05, 0) is 42.3 Å². The zero-order valence-electron chi connectivity index (χ0n) is 15.0. The molecule has 0 aliphatic carbocycles. The molecular weight excluding hydrogens is 336 g/mol. The van der Waals surface area contributed by atoms with E-state index in [1.165, 1.54) is 0 Å². The highest BCUT2D eigenvalue weighted by Crippen LogP contribution is 2.21. The van der Waals surface area contributed by atoms with Gasteiger partial charge < -0.3 is 9.09 Å². The smallest absolute Gasteiger partial charge is 0.167 e. The van der Waals surface area contributed by atoms with Gasteiger partial charge in [0.2, 0.25) is 0 Å². The van der Waals surface area contributed by atoms with Crippen molar-refractivity contribution in [3.05, 3.63) is 89.9 Å². The van der Waals surface area contributed by atoms with Crippen LogP contribution in [0.15, 0.2) is 71.6 Å². The Bertz CT molecular complexity index is 1080. The Labute approximate surface area is 157 Å². The van der Waals surface area contributed by atoms with Gasteiger partial charge >= 0.3 is 0 Å². The van der Waals surface area contributed by atoms with E-state index >= 15 is 0 Å². The van der Waals surface area contributed by atoms with E-state index in [0.717, 1.165) is 40.5 Å². The molecule has 132 valence electrons. The second-order valence-electron chi connectivity index (χ2n) is 6.05. The van der Waals surface area contributed by atoms with Crippen molar-refractivity contribution in [2.45, 2.75) is 19.9 Å². The lowest BCUT2D eigenvalue weighted by atomic mass is 10.1. The van der Waals surface area contributed by atoms with E-state index < -0.39 is 0 Å². The number of benzene rings is 1. The molecule has 0 unspecified atom stereocenters. The first-order chi connectivity index (χ1) is 13.3. The number of nitrogens with zero attached hydrogens (tertiary/aromatic N) is 4. The van der Waals surface area contributed by atoms with E-state index in [1.807, 2.05) is 60.9 Å². The van der Waals surface area contributed by atoms with Crippen LogP contribution in [-0.2, 0) is 13.0 Å². The van der Waals surface area contributed by atoms with E-state index in [4.69, 9.17) is 4.52 Å². The van der Waals surface area contributed by atoms with Crippen LogP contribution in [0.3, 0.4) is 0 Å². The first-order valence-electron chi connectivity index (χ1n) is 8.81. The molecule has 0 fully saturated rings. The van der Waals surface area contributed by atoms with Crippen LogP contribution in [0.5, 0.6) is 0 Å². The Morgan fingerprint density at radius 1 is 1.00 bits per heavy atom. The Morgan fingerprint density at radius 2 is 1.89 bits per heavy atom. The minimum atomic E-state index is 0.653. The van der Waals surface area contributed by atoms with Crippen LogP contribution in [0.4, 0.5) is 0 Å². The van der Waals surface area contributed by atoms with Crippen LogP contribution in [0.2, 0.25) is 0 Å². The van der Waals surface area contributed by atoms with E-state index in [9.17, 15) is 0 Å². The number of aromatic nitrogens is 4. The lowest BCUT2D eigenvalue weighted by molar-refractivity contribution is 0.421. The summed E-state index contributed by atoms with van der Waals surface area (Å²) in [4.78, 5) is 8.53. The zero-order valence-corrected chi connectivity index (χ0v) is 15.0. The molecule has 0 radical (unpaired) electrons. The van der Waals surface area contributed by atoms with E-state index in [0.29, 0.717) is 6.54 Å². The van der Waals surface area contributed by atoms with Crippen molar-refractivity contribution < 1.29 is 4.52 Å². The van der Waals surface area contributed by atoms with E-state index in [2.05, 4.69) is 38.5 Å². The number of hydrogen-bond acceptors (Lipinski definition) is 4. The molecule has 3 aromatic heterocycles. The summed E-state index contributed by atoms with van der Waals surface area (Å²) in [6.45, 7) is 2.74. The van der Waals surface area contributed by atoms with Crippen molar-refractivity contribution >= 4 is 0 Å². The summed E-state index contributed by atoms with van der Waals surface area (Å²) in [5.74, 6) is 7.95. The van der Waals surface area contributed by atoms with Crippen LogP contribution in [-0.4, -0.2) is 19.7 Å². The van der Waals surface area contributed by atoms with Crippen molar-refractivity contribution in [2.75, 3.05) is 0 Å².